The van der Waals surface area contributed by atoms with Crippen LogP contribution in [0.1, 0.15) is 5.56 Å². The second-order valence-corrected chi connectivity index (χ2v) is 2.19. The molecule has 0 unspecified atom stereocenters. The molecule has 0 spiro atoms. The van der Waals surface area contributed by atoms with E-state index in [1.54, 1.807) is 0 Å². The first-order chi connectivity index (χ1) is 2.89. The maximum Gasteiger partial charge on any atom is 1.00 e. The Kier molecular flexibility index (Phi) is 5.18. The fourth-order valence-electron chi connectivity index (χ4n) is 0.364. The summed E-state index contributed by atoms with van der Waals surface area (Å²) in [4.78, 5) is 0. The Bertz CT molecular complexity index is 112. The van der Waals surface area contributed by atoms with Crippen LogP contribution in [-0.4, -0.2) is 0 Å². The molecule has 0 saturated heterocycles. The summed E-state index contributed by atoms with van der Waals surface area (Å²) in [5.41, 5.74) is 1.39. The predicted octanol–water partition coefficient (Wildman–Crippen LogP) is -0.702. The summed E-state index contributed by atoms with van der Waals surface area (Å²) in [6, 6.07) is 2.13. The number of hydrogen-bond acceptors (Lipinski definition) is 0. The van der Waals surface area contributed by atoms with Crippen LogP contribution in [0.25, 0.3) is 0 Å². The van der Waals surface area contributed by atoms with Gasteiger partial charge in [-0.25, -0.2) is 11.6 Å². The van der Waals surface area contributed by atoms with Gasteiger partial charge in [0.1, 0.15) is 0 Å². The maximum absolute atomic E-state index is 2.18. The van der Waals surface area contributed by atoms with Crippen molar-refractivity contribution >= 4 is 8.19 Å². The van der Waals surface area contributed by atoms with Gasteiger partial charge in [0.25, 0.3) is 0 Å². The Balaban J connectivity index is 0.000000360. The van der Waals surface area contributed by atoms with E-state index < -0.39 is 0 Å². The van der Waals surface area contributed by atoms with Crippen LogP contribution >= 0.6 is 8.19 Å². The second-order valence-electron chi connectivity index (χ2n) is 1.34. The largest absolute Gasteiger partial charge is 1.00 e. The molecular formula is C5H6KP. The minimum Gasteiger partial charge on any atom is -0.531 e. The van der Waals surface area contributed by atoms with Crippen molar-refractivity contribution in [3.63, 3.8) is 0 Å². The minimum atomic E-state index is 0. The molecule has 0 nitrogen and oxygen atoms in total. The smallest absolute Gasteiger partial charge is 0.531 e. The molecule has 0 saturated carbocycles. The van der Waals surface area contributed by atoms with Crippen molar-refractivity contribution in [2.75, 3.05) is 0 Å². The van der Waals surface area contributed by atoms with Crippen molar-refractivity contribution in [1.29, 1.82) is 0 Å². The average Bonchev–Trinajstić information content (AvgIpc) is 1.86. The molecule has 32 valence electrons. The predicted molar refractivity (Wildman–Crippen MR) is 29.3 cm³/mol. The first-order valence-corrected chi connectivity index (χ1v) is 2.96. The molecule has 1 aromatic heterocycles. The third-order valence-electron chi connectivity index (χ3n) is 0.702. The SMILES string of the molecule is Cc1cc[p-]c1.[K+]. The van der Waals surface area contributed by atoms with E-state index in [9.17, 15) is 0 Å². The van der Waals surface area contributed by atoms with E-state index in [0.717, 1.165) is 0 Å². The van der Waals surface area contributed by atoms with Crippen molar-refractivity contribution in [2.24, 2.45) is 0 Å². The molecule has 0 aliphatic rings. The molecule has 0 radical (unpaired) electrons. The molecule has 0 atom stereocenters. The molecule has 0 aliphatic carbocycles. The van der Waals surface area contributed by atoms with Crippen LogP contribution in [0.2, 0.25) is 0 Å². The van der Waals surface area contributed by atoms with Gasteiger partial charge in [0.15, 0.2) is 0 Å². The van der Waals surface area contributed by atoms with Crippen LogP contribution in [-0.2, 0) is 0 Å². The summed E-state index contributed by atoms with van der Waals surface area (Å²) in [5.74, 6) is 4.31. The second kappa shape index (κ2) is 4.31. The van der Waals surface area contributed by atoms with Gasteiger partial charge >= 0.3 is 51.4 Å². The van der Waals surface area contributed by atoms with Crippen molar-refractivity contribution in [1.82, 2.24) is 0 Å². The average molecular weight is 136 g/mol. The van der Waals surface area contributed by atoms with E-state index in [0.29, 0.717) is 0 Å². The zero-order chi connectivity index (χ0) is 4.41. The number of hydrogen-bond donors (Lipinski definition) is 0. The Labute approximate surface area is 88.2 Å². The minimum absolute atomic E-state index is 0. The summed E-state index contributed by atoms with van der Waals surface area (Å²) in [6.45, 7) is 2.11. The van der Waals surface area contributed by atoms with Gasteiger partial charge in [-0.05, 0) is 6.92 Å². The van der Waals surface area contributed by atoms with E-state index in [1.165, 1.54) is 13.8 Å². The Hall–Kier alpha value is 1.42. The fourth-order valence-corrected chi connectivity index (χ4v) is 1.09. The van der Waals surface area contributed by atoms with E-state index in [4.69, 9.17) is 0 Å². The van der Waals surface area contributed by atoms with Crippen molar-refractivity contribution in [3.8, 4) is 0 Å². The van der Waals surface area contributed by atoms with E-state index in [1.807, 2.05) is 0 Å². The first kappa shape index (κ1) is 8.42. The van der Waals surface area contributed by atoms with Gasteiger partial charge in [-0.2, -0.15) is 0 Å². The molecule has 0 amide bonds. The molecular weight excluding hydrogens is 130 g/mol. The monoisotopic (exact) mass is 136 g/mol. The van der Waals surface area contributed by atoms with Crippen LogP contribution in [0.3, 0.4) is 0 Å². The number of rotatable bonds is 0. The Morgan fingerprint density at radius 3 is 2.43 bits per heavy atom. The van der Waals surface area contributed by atoms with Gasteiger partial charge in [0, 0.05) is 0 Å². The van der Waals surface area contributed by atoms with Crippen LogP contribution in [0.15, 0.2) is 17.7 Å². The third kappa shape index (κ3) is 3.07. The van der Waals surface area contributed by atoms with Crippen LogP contribution in [0.4, 0.5) is 0 Å². The molecule has 0 aliphatic heterocycles. The van der Waals surface area contributed by atoms with Gasteiger partial charge in [-0.15, -0.1) is 0 Å². The van der Waals surface area contributed by atoms with Crippen LogP contribution in [0.5, 0.6) is 0 Å². The molecule has 7 heavy (non-hydrogen) atoms. The summed E-state index contributed by atoms with van der Waals surface area (Å²) >= 11 is 0. The summed E-state index contributed by atoms with van der Waals surface area (Å²) in [6.07, 6.45) is 0. The van der Waals surface area contributed by atoms with Crippen LogP contribution < -0.4 is 51.4 Å². The van der Waals surface area contributed by atoms with E-state index >= 15 is 0 Å². The van der Waals surface area contributed by atoms with Gasteiger partial charge in [-0.1, -0.05) is 11.6 Å². The number of aryl methyl sites for hydroxylation is 1. The molecule has 2 heteroatoms. The first-order valence-electron chi connectivity index (χ1n) is 1.93. The van der Waals surface area contributed by atoms with Crippen molar-refractivity contribution in [3.05, 3.63) is 23.2 Å². The third-order valence-corrected chi connectivity index (χ3v) is 1.58. The fraction of sp³-hybridized carbons (Fsp3) is 0.200. The van der Waals surface area contributed by atoms with Gasteiger partial charge in [-0.3, -0.25) is 0 Å². The molecule has 0 N–H and O–H groups in total. The van der Waals surface area contributed by atoms with E-state index in [-0.39, 0.29) is 51.4 Å². The zero-order valence-electron chi connectivity index (χ0n) is 4.68. The Morgan fingerprint density at radius 2 is 2.29 bits per heavy atom. The summed E-state index contributed by atoms with van der Waals surface area (Å²) < 4.78 is 0. The van der Waals surface area contributed by atoms with Gasteiger partial charge < -0.3 is 8.19 Å². The van der Waals surface area contributed by atoms with Crippen LogP contribution in [0, 0.1) is 6.92 Å². The molecule has 0 bridgehead atoms. The molecule has 1 aromatic rings. The standard InChI is InChI=1S/C5H6P.K/c1-5-2-3-6-4-5;/h2-4H,1H3;/q-1;+1. The normalized spacial score (nSPS) is 8.71. The van der Waals surface area contributed by atoms with Gasteiger partial charge in [0.2, 0.25) is 0 Å². The van der Waals surface area contributed by atoms with E-state index in [2.05, 4.69) is 24.6 Å². The van der Waals surface area contributed by atoms with Crippen molar-refractivity contribution in [2.45, 2.75) is 6.92 Å². The molecule has 0 fully saturated rings. The molecule has 0 aromatic carbocycles. The summed E-state index contributed by atoms with van der Waals surface area (Å²) in [5, 5.41) is 0. The topological polar surface area (TPSA) is 0 Å². The van der Waals surface area contributed by atoms with Crippen molar-refractivity contribution < 1.29 is 51.4 Å². The molecule has 1 heterocycles. The quantitative estimate of drug-likeness (QED) is 0.414. The maximum atomic E-state index is 2.18. The van der Waals surface area contributed by atoms with Gasteiger partial charge in [0.05, 0.1) is 0 Å². The summed E-state index contributed by atoms with van der Waals surface area (Å²) in [7, 11) is 1.34. The molecule has 1 rings (SSSR count). The zero-order valence-corrected chi connectivity index (χ0v) is 8.70. The Morgan fingerprint density at radius 1 is 1.57 bits per heavy atom.